The second-order valence-corrected chi connectivity index (χ2v) is 4.70. The minimum atomic E-state index is -4.48. The van der Waals surface area contributed by atoms with Gasteiger partial charge in [0.05, 0.1) is 23.7 Å². The number of quaternary nitrogens is 1. The Labute approximate surface area is 102 Å². The molecule has 0 saturated heterocycles. The van der Waals surface area contributed by atoms with Gasteiger partial charge in [-0.2, -0.15) is 0 Å². The first-order valence-electron chi connectivity index (χ1n) is 5.25. The van der Waals surface area contributed by atoms with Gasteiger partial charge in [-0.05, 0) is 32.0 Å². The van der Waals surface area contributed by atoms with E-state index in [1.54, 1.807) is 0 Å². The monoisotopic (exact) mass is 261 g/mol. The number of hydrogen-bond donors (Lipinski definition) is 3. The molecule has 6 N–H and O–H groups in total. The maximum absolute atomic E-state index is 10.5. The van der Waals surface area contributed by atoms with Gasteiger partial charge < -0.3 is 21.3 Å². The Hall–Kier alpha value is -1.31. The van der Waals surface area contributed by atoms with Crippen LogP contribution >= 0.6 is 0 Å². The number of rotatable bonds is 3. The highest BCUT2D eigenvalue weighted by atomic mass is 32.2. The molecule has 17 heavy (non-hydrogen) atoms. The van der Waals surface area contributed by atoms with Crippen molar-refractivity contribution in [2.75, 3.05) is 24.6 Å². The van der Waals surface area contributed by atoms with E-state index in [1.165, 1.54) is 25.2 Å². The molecule has 0 aliphatic rings. The number of hydrogen-bond acceptors (Lipinski definition) is 5. The van der Waals surface area contributed by atoms with E-state index in [0.29, 0.717) is 5.69 Å². The summed E-state index contributed by atoms with van der Waals surface area (Å²) in [6.07, 6.45) is 0. The fraction of sp³-hybridized carbons (Fsp3) is 0.400. The lowest BCUT2D eigenvalue weighted by Crippen LogP contribution is -2.82. The molecular weight excluding hydrogens is 242 g/mol. The van der Waals surface area contributed by atoms with Crippen molar-refractivity contribution in [3.05, 3.63) is 18.2 Å². The Morgan fingerprint density at radius 3 is 2.06 bits per heavy atom. The third-order valence-electron chi connectivity index (χ3n) is 1.88. The number of anilines is 2. The Morgan fingerprint density at radius 1 is 1.24 bits per heavy atom. The molecule has 0 aromatic heterocycles. The lowest BCUT2D eigenvalue weighted by molar-refractivity contribution is -0.648. The van der Waals surface area contributed by atoms with E-state index < -0.39 is 15.0 Å². The predicted octanol–water partition coefficient (Wildman–Crippen LogP) is -0.655. The second-order valence-electron chi connectivity index (χ2n) is 3.36. The lowest BCUT2D eigenvalue weighted by Gasteiger charge is -2.09. The summed E-state index contributed by atoms with van der Waals surface area (Å²) in [5.74, 6) is 0. The van der Waals surface area contributed by atoms with Crippen LogP contribution in [0.5, 0.6) is 0 Å². The largest absolute Gasteiger partial charge is 0.744 e. The summed E-state index contributed by atoms with van der Waals surface area (Å²) < 4.78 is 31.5. The first kappa shape index (κ1) is 15.7. The SMILES string of the molecule is CC[NH2+]CC.Nc1ccc(S(=O)(=O)[O-])c(N)c1. The molecule has 0 spiro atoms. The summed E-state index contributed by atoms with van der Waals surface area (Å²) in [5.41, 5.74) is 10.7. The molecule has 0 aliphatic heterocycles. The van der Waals surface area contributed by atoms with E-state index in [1.807, 2.05) is 0 Å². The smallest absolute Gasteiger partial charge is 0.126 e. The highest BCUT2D eigenvalue weighted by Crippen LogP contribution is 2.19. The van der Waals surface area contributed by atoms with Gasteiger partial charge in [0.25, 0.3) is 0 Å². The average Bonchev–Trinajstić information content (AvgIpc) is 2.17. The van der Waals surface area contributed by atoms with Gasteiger partial charge >= 0.3 is 0 Å². The molecule has 0 unspecified atom stereocenters. The van der Waals surface area contributed by atoms with Crippen molar-refractivity contribution in [1.82, 2.24) is 0 Å². The minimum absolute atomic E-state index is 0.120. The first-order chi connectivity index (χ1) is 7.82. The number of nitrogens with two attached hydrogens (primary N) is 3. The van der Waals surface area contributed by atoms with Crippen molar-refractivity contribution in [2.24, 2.45) is 0 Å². The first-order valence-corrected chi connectivity index (χ1v) is 6.66. The quantitative estimate of drug-likeness (QED) is 0.492. The van der Waals surface area contributed by atoms with Crippen molar-refractivity contribution in [2.45, 2.75) is 18.7 Å². The van der Waals surface area contributed by atoms with Gasteiger partial charge in [-0.1, -0.05) is 0 Å². The Balaban J connectivity index is 0.000000437. The van der Waals surface area contributed by atoms with Crippen LogP contribution in [0.2, 0.25) is 0 Å². The predicted molar refractivity (Wildman–Crippen MR) is 66.2 cm³/mol. The molecule has 7 heteroatoms. The van der Waals surface area contributed by atoms with E-state index >= 15 is 0 Å². The van der Waals surface area contributed by atoms with Crippen LogP contribution < -0.4 is 16.8 Å². The molecule has 0 radical (unpaired) electrons. The summed E-state index contributed by atoms with van der Waals surface area (Å²) in [7, 11) is -4.48. The number of nitrogen functional groups attached to an aromatic ring is 2. The summed E-state index contributed by atoms with van der Waals surface area (Å²) in [4.78, 5) is -0.434. The fourth-order valence-electron chi connectivity index (χ4n) is 1.08. The van der Waals surface area contributed by atoms with Crippen LogP contribution in [0, 0.1) is 0 Å². The van der Waals surface area contributed by atoms with Gasteiger partial charge in [0.15, 0.2) is 0 Å². The molecule has 1 aromatic carbocycles. The Morgan fingerprint density at radius 2 is 1.76 bits per heavy atom. The van der Waals surface area contributed by atoms with Crippen molar-refractivity contribution in [3.63, 3.8) is 0 Å². The standard InChI is InChI=1S/C6H8N2O3S.C4H11N/c7-4-1-2-6(5(8)3-4)12(9,10)11;1-3-5-4-2/h1-3H,7-8H2,(H,9,10,11);5H,3-4H2,1-2H3. The van der Waals surface area contributed by atoms with Gasteiger partial charge in [0, 0.05) is 5.69 Å². The average molecular weight is 261 g/mol. The molecule has 0 saturated carbocycles. The highest BCUT2D eigenvalue weighted by molar-refractivity contribution is 7.86. The molecule has 0 atom stereocenters. The third kappa shape index (κ3) is 6.10. The van der Waals surface area contributed by atoms with Crippen molar-refractivity contribution in [1.29, 1.82) is 0 Å². The van der Waals surface area contributed by atoms with Gasteiger partial charge in [-0.25, -0.2) is 8.42 Å². The lowest BCUT2D eigenvalue weighted by atomic mass is 10.3. The van der Waals surface area contributed by atoms with E-state index in [2.05, 4.69) is 19.2 Å². The van der Waals surface area contributed by atoms with Crippen LogP contribution in [0.4, 0.5) is 11.4 Å². The molecule has 1 rings (SSSR count). The summed E-state index contributed by atoms with van der Waals surface area (Å²) in [6, 6.07) is 3.62. The summed E-state index contributed by atoms with van der Waals surface area (Å²) >= 11 is 0. The topological polar surface area (TPSA) is 126 Å². The number of benzene rings is 1. The van der Waals surface area contributed by atoms with Gasteiger partial charge in [-0.3, -0.25) is 0 Å². The van der Waals surface area contributed by atoms with Gasteiger partial charge in [-0.15, -0.1) is 0 Å². The molecule has 1 aromatic rings. The summed E-state index contributed by atoms with van der Waals surface area (Å²) in [5, 5.41) is 2.25. The molecule has 0 aliphatic carbocycles. The molecule has 0 bridgehead atoms. The van der Waals surface area contributed by atoms with E-state index in [9.17, 15) is 13.0 Å². The van der Waals surface area contributed by atoms with Gasteiger partial charge in [0.2, 0.25) is 0 Å². The summed E-state index contributed by atoms with van der Waals surface area (Å²) in [6.45, 7) is 6.75. The molecule has 0 heterocycles. The Bertz CT molecular complexity index is 444. The van der Waals surface area contributed by atoms with Gasteiger partial charge in [0.1, 0.15) is 10.1 Å². The van der Waals surface area contributed by atoms with Crippen molar-refractivity contribution in [3.8, 4) is 0 Å². The molecule has 6 nitrogen and oxygen atoms in total. The van der Waals surface area contributed by atoms with E-state index in [4.69, 9.17) is 11.5 Å². The molecule has 0 fully saturated rings. The normalized spacial score (nSPS) is 10.5. The zero-order chi connectivity index (χ0) is 13.5. The van der Waals surface area contributed by atoms with Crippen molar-refractivity contribution < 1.29 is 18.3 Å². The molecule has 0 amide bonds. The zero-order valence-electron chi connectivity index (χ0n) is 10.0. The fourth-order valence-corrected chi connectivity index (χ4v) is 1.67. The van der Waals surface area contributed by atoms with Crippen LogP contribution in [0.15, 0.2) is 23.1 Å². The van der Waals surface area contributed by atoms with Crippen LogP contribution in [-0.4, -0.2) is 26.1 Å². The van der Waals surface area contributed by atoms with Crippen molar-refractivity contribution >= 4 is 21.5 Å². The van der Waals surface area contributed by atoms with Crippen LogP contribution in [-0.2, 0) is 10.1 Å². The maximum Gasteiger partial charge on any atom is 0.126 e. The second kappa shape index (κ2) is 7.10. The minimum Gasteiger partial charge on any atom is -0.744 e. The van der Waals surface area contributed by atoms with Crippen LogP contribution in [0.25, 0.3) is 0 Å². The van der Waals surface area contributed by atoms with Crippen LogP contribution in [0.1, 0.15) is 13.8 Å². The van der Waals surface area contributed by atoms with E-state index in [-0.39, 0.29) is 5.69 Å². The maximum atomic E-state index is 10.5. The molecule has 98 valence electrons. The highest BCUT2D eigenvalue weighted by Gasteiger charge is 2.05. The zero-order valence-corrected chi connectivity index (χ0v) is 10.8. The van der Waals surface area contributed by atoms with E-state index in [0.717, 1.165) is 6.07 Å². The van der Waals surface area contributed by atoms with Crippen LogP contribution in [0.3, 0.4) is 0 Å². The molecular formula is C10H19N3O3S. The Kier molecular flexibility index (Phi) is 6.55. The third-order valence-corrected chi connectivity index (χ3v) is 2.79.